The van der Waals surface area contributed by atoms with E-state index in [1.54, 1.807) is 0 Å². The van der Waals surface area contributed by atoms with Crippen LogP contribution < -0.4 is 14.2 Å². The van der Waals surface area contributed by atoms with Gasteiger partial charge in [-0.25, -0.2) is 0 Å². The number of aromatic nitrogens is 3. The van der Waals surface area contributed by atoms with E-state index in [2.05, 4.69) is 162 Å². The van der Waals surface area contributed by atoms with E-state index in [9.17, 15) is 15.3 Å². The van der Waals surface area contributed by atoms with E-state index in [0.717, 1.165) is 194 Å². The summed E-state index contributed by atoms with van der Waals surface area (Å²) in [5.74, 6) is 5.16. The Morgan fingerprint density at radius 1 is 0.374 bits per heavy atom. The van der Waals surface area contributed by atoms with E-state index in [1.165, 1.54) is 16.7 Å². The zero-order chi connectivity index (χ0) is 67.2. The molecule has 504 valence electrons. The first-order chi connectivity index (χ1) is 48.4. The second-order valence-electron chi connectivity index (χ2n) is 30.1. The van der Waals surface area contributed by atoms with Crippen LogP contribution in [0.15, 0.2) is 239 Å². The summed E-state index contributed by atoms with van der Waals surface area (Å²) in [6.45, 7) is 22.3. The maximum absolute atomic E-state index is 12.4. The van der Waals surface area contributed by atoms with Crippen molar-refractivity contribution in [2.24, 2.45) is 35.5 Å². The number of aliphatic hydroxyl groups is 3. The molecule has 0 saturated carbocycles. The molecule has 0 radical (unpaired) electrons. The van der Waals surface area contributed by atoms with Gasteiger partial charge in [0.05, 0.1) is 55.8 Å². The average Bonchev–Trinajstić information content (AvgIpc) is 0.747. The predicted molar refractivity (Wildman–Crippen MR) is 391 cm³/mol. The summed E-state index contributed by atoms with van der Waals surface area (Å²) in [6, 6.07) is 63.1. The van der Waals surface area contributed by atoms with E-state index in [0.29, 0.717) is 55.3 Å². The number of ether oxygens (including phenoxy) is 3. The van der Waals surface area contributed by atoms with Crippen LogP contribution in [-0.4, -0.2) is 101 Å². The highest BCUT2D eigenvalue weighted by molar-refractivity contribution is 5.84. The molecular weight excluding hydrogens is 1220 g/mol. The molecule has 6 bridgehead atoms. The summed E-state index contributed by atoms with van der Waals surface area (Å²) in [4.78, 5) is 13.9. The van der Waals surface area contributed by atoms with Crippen molar-refractivity contribution in [1.82, 2.24) is 15.0 Å². The fourth-order valence-electron chi connectivity index (χ4n) is 19.6. The number of para-hydroxylation sites is 3. The number of aliphatic hydroxyl groups excluding tert-OH is 3. The minimum atomic E-state index is -0.619. The number of piperidine rings is 9. The Balaban J connectivity index is 0.628. The number of nitrogens with zero attached hydrogens (tertiary/aromatic N) is 6. The van der Waals surface area contributed by atoms with Gasteiger partial charge in [0, 0.05) is 108 Å². The first-order valence-electron chi connectivity index (χ1n) is 36.2. The molecule has 15 atom stereocenters. The maximum Gasteiger partial charge on any atom is 0.131 e. The van der Waals surface area contributed by atoms with Crippen molar-refractivity contribution in [3.05, 3.63) is 289 Å². The third-order valence-corrected chi connectivity index (χ3v) is 24.7. The van der Waals surface area contributed by atoms with Gasteiger partial charge in [0.2, 0.25) is 0 Å². The van der Waals surface area contributed by atoms with Gasteiger partial charge < -0.3 is 43.0 Å². The first kappa shape index (κ1) is 64.8. The van der Waals surface area contributed by atoms with Crippen LogP contribution in [0.2, 0.25) is 0 Å². The Hall–Kier alpha value is -8.85. The van der Waals surface area contributed by atoms with Crippen LogP contribution >= 0.6 is 0 Å². The Bertz CT molecular complexity index is 4100. The average molecular weight is 1320 g/mol. The molecule has 7 aromatic carbocycles. The summed E-state index contributed by atoms with van der Waals surface area (Å²) in [5.41, 5.74) is 12.3. The topological polar surface area (TPSA) is 127 Å². The van der Waals surface area contributed by atoms with Gasteiger partial charge in [-0.05, 0) is 179 Å². The van der Waals surface area contributed by atoms with Crippen molar-refractivity contribution < 1.29 is 43.0 Å². The van der Waals surface area contributed by atoms with Crippen molar-refractivity contribution in [1.29, 1.82) is 0 Å². The lowest BCUT2D eigenvalue weighted by Gasteiger charge is -2.58. The van der Waals surface area contributed by atoms with E-state index in [4.69, 9.17) is 14.2 Å². The zero-order valence-electron chi connectivity index (χ0n) is 56.8. The van der Waals surface area contributed by atoms with Crippen molar-refractivity contribution >= 4 is 32.7 Å². The number of quaternary nitrogens is 3. The fraction of sp³-hybridized carbons (Fsp3) is 0.345. The summed E-state index contributed by atoms with van der Waals surface area (Å²) in [6.07, 6.45) is 16.4. The van der Waals surface area contributed by atoms with Crippen molar-refractivity contribution in [2.75, 3.05) is 39.3 Å². The Morgan fingerprint density at radius 3 is 0.939 bits per heavy atom. The zero-order valence-corrected chi connectivity index (χ0v) is 56.8. The molecule has 9 aliphatic heterocycles. The lowest BCUT2D eigenvalue weighted by Crippen LogP contribution is -2.67. The molecule has 9 aliphatic rings. The Labute approximate surface area is 582 Å². The maximum atomic E-state index is 12.4. The number of hydrogen-bond acceptors (Lipinski definition) is 9. The smallest absolute Gasteiger partial charge is 0.131 e. The monoisotopic (exact) mass is 1320 g/mol. The SMILES string of the molecule is C=C[C@H]1C[N@+]2(Cc3ccc(OCc4cc(COc5ccc(C[N@@+]67CC[C@H](C[C@@H]6[C@@H](O)c6ccnc8ccccc68)[C@@H](C=C)C7)cc5)cc(COc5ccc(C[N@@+]67CC[C@H](C[C@@H]6[C@@H](O)c6ccnc8ccccc68)[C@@H](C=C)C7)cc5)c4)cc3)CC[C@@H]1C[C@@H]2[C@@H](O)c1ccnc2ccccc12. The third-order valence-electron chi connectivity index (χ3n) is 24.7. The highest BCUT2D eigenvalue weighted by atomic mass is 16.5. The lowest BCUT2D eigenvalue weighted by molar-refractivity contribution is -0.984. The number of rotatable bonds is 24. The minimum absolute atomic E-state index is 0.0524. The Morgan fingerprint density at radius 2 is 0.657 bits per heavy atom. The van der Waals surface area contributed by atoms with Crippen molar-refractivity contribution in [3.8, 4) is 17.2 Å². The lowest BCUT2D eigenvalue weighted by atomic mass is 9.71. The molecule has 3 N–H and O–H groups in total. The van der Waals surface area contributed by atoms with Gasteiger partial charge in [0.25, 0.3) is 0 Å². The molecule has 9 saturated heterocycles. The standard InChI is InChI=1S/C87H93N6O6/c1-4-64-52-91(40-34-67(64)46-82(91)85(94)76-31-37-88-79-16-10-7-13-73(76)79)49-58-19-25-70(26-20-58)97-55-61-43-62(56-98-71-27-21-59(22-28-71)50-92-41-35-68(65(5-2)53-92)47-83(92)86(95)77-32-38-89-80-17-11-8-14-74(77)80)45-63(44-61)57-99-72-29-23-60(24-30-72)51-93-42-36-69(66(6-3)54-93)48-84(93)87(96)78-33-39-90-81-18-12-9-15-75(78)81/h4-33,37-39,43-45,64-69,82-87,94-96H,1-3,34-36,40-42,46-57H2/q+3/t64-,65-,66-,67+,68+,69+,82+,83+,84+,85-,86-,87-,91+,92+,93+/m0/s1. The third kappa shape index (κ3) is 12.7. The van der Waals surface area contributed by atoms with Crippen molar-refractivity contribution in [3.63, 3.8) is 0 Å². The summed E-state index contributed by atoms with van der Waals surface area (Å²) < 4.78 is 22.5. The highest BCUT2D eigenvalue weighted by Gasteiger charge is 2.57. The Kier molecular flexibility index (Phi) is 17.9. The molecule has 99 heavy (non-hydrogen) atoms. The quantitative estimate of drug-likeness (QED) is 0.0400. The number of hydrogen-bond donors (Lipinski definition) is 3. The van der Waals surface area contributed by atoms with Crippen LogP contribution in [-0.2, 0) is 39.5 Å². The van der Waals surface area contributed by atoms with E-state index < -0.39 is 18.3 Å². The largest absolute Gasteiger partial charge is 0.489 e. The fourth-order valence-corrected chi connectivity index (χ4v) is 19.6. The number of fused-ring (bicyclic) bond motifs is 12. The van der Waals surface area contributed by atoms with Crippen LogP contribution in [0.25, 0.3) is 32.7 Å². The van der Waals surface area contributed by atoms with Gasteiger partial charge in [0.15, 0.2) is 0 Å². The second-order valence-corrected chi connectivity index (χ2v) is 30.1. The summed E-state index contributed by atoms with van der Waals surface area (Å²) >= 11 is 0. The van der Waals surface area contributed by atoms with Crippen LogP contribution in [0, 0.1) is 35.5 Å². The highest BCUT2D eigenvalue weighted by Crippen LogP contribution is 2.52. The summed E-state index contributed by atoms with van der Waals surface area (Å²) in [7, 11) is 0. The molecule has 12 nitrogen and oxygen atoms in total. The molecule has 9 fully saturated rings. The molecule has 0 amide bonds. The van der Waals surface area contributed by atoms with Gasteiger partial charge in [-0.15, -0.1) is 19.7 Å². The van der Waals surface area contributed by atoms with E-state index in [1.807, 2.05) is 91.4 Å². The minimum Gasteiger partial charge on any atom is -0.489 e. The summed E-state index contributed by atoms with van der Waals surface area (Å²) in [5, 5.41) is 40.3. The van der Waals surface area contributed by atoms with Gasteiger partial charge in [-0.1, -0.05) is 72.8 Å². The molecular formula is C87H93N6O6+3. The molecule has 12 heteroatoms. The van der Waals surface area contributed by atoms with Gasteiger partial charge in [0.1, 0.15) is 93.1 Å². The predicted octanol–water partition coefficient (Wildman–Crippen LogP) is 16.0. The number of benzene rings is 7. The van der Waals surface area contributed by atoms with Crippen molar-refractivity contribution in [2.45, 2.75) is 114 Å². The van der Waals surface area contributed by atoms with Gasteiger partial charge in [-0.3, -0.25) is 15.0 Å². The van der Waals surface area contributed by atoms with Crippen LogP contribution in [0.3, 0.4) is 0 Å². The molecule has 0 spiro atoms. The molecule has 0 aliphatic carbocycles. The molecule has 19 rings (SSSR count). The first-order valence-corrected chi connectivity index (χ1v) is 36.2. The number of pyridine rings is 3. The molecule has 12 heterocycles. The molecule has 3 aromatic heterocycles. The van der Waals surface area contributed by atoms with E-state index in [-0.39, 0.29) is 18.1 Å². The normalized spacial score (nSPS) is 27.7. The van der Waals surface area contributed by atoms with Crippen LogP contribution in [0.5, 0.6) is 17.2 Å². The molecule has 10 aromatic rings. The van der Waals surface area contributed by atoms with E-state index >= 15 is 0 Å². The van der Waals surface area contributed by atoms with Crippen LogP contribution in [0.4, 0.5) is 0 Å². The van der Waals surface area contributed by atoms with Gasteiger partial charge >= 0.3 is 0 Å². The second kappa shape index (κ2) is 27.3. The van der Waals surface area contributed by atoms with Gasteiger partial charge in [-0.2, -0.15) is 0 Å². The van der Waals surface area contributed by atoms with Crippen LogP contribution in [0.1, 0.15) is 107 Å². The molecule has 0 unspecified atom stereocenters.